The Morgan fingerprint density at radius 1 is 1.45 bits per heavy atom. The highest BCUT2D eigenvalue weighted by atomic mass is 16.5. The Kier molecular flexibility index (Phi) is 4.68. The molecule has 6 heteroatoms. The van der Waals surface area contributed by atoms with Gasteiger partial charge in [0.2, 0.25) is 0 Å². The number of rotatable bonds is 4. The molecule has 1 saturated heterocycles. The molecule has 6 nitrogen and oxygen atoms in total. The van der Waals surface area contributed by atoms with E-state index in [1.807, 2.05) is 0 Å². The van der Waals surface area contributed by atoms with Crippen LogP contribution in [0.5, 0.6) is 0 Å². The smallest absolute Gasteiger partial charge is 0.354 e. The highest BCUT2D eigenvalue weighted by Gasteiger charge is 2.21. The predicted molar refractivity (Wildman–Crippen MR) is 71.7 cm³/mol. The molecule has 108 valence electrons. The van der Waals surface area contributed by atoms with Crippen molar-refractivity contribution in [1.82, 2.24) is 9.88 Å². The molecule has 1 aromatic rings. The van der Waals surface area contributed by atoms with Crippen LogP contribution in [0.15, 0.2) is 18.2 Å². The fourth-order valence-corrected chi connectivity index (χ4v) is 2.29. The number of hydrogen-bond donors (Lipinski definition) is 1. The van der Waals surface area contributed by atoms with Gasteiger partial charge in [-0.25, -0.2) is 9.78 Å². The van der Waals surface area contributed by atoms with Crippen molar-refractivity contribution in [2.24, 2.45) is 5.92 Å². The number of aromatic nitrogens is 1. The standard InChI is InChI=1S/C14H18N2O4/c1-16(8-10-4-3-7-20-9-10)13(17)11-5-2-6-12(15-11)14(18)19/h2,5-6,10H,3-4,7-9H2,1H3,(H,18,19). The van der Waals surface area contributed by atoms with Crippen molar-refractivity contribution >= 4 is 11.9 Å². The minimum atomic E-state index is -1.14. The average molecular weight is 278 g/mol. The van der Waals surface area contributed by atoms with E-state index in [1.165, 1.54) is 18.2 Å². The van der Waals surface area contributed by atoms with E-state index in [-0.39, 0.29) is 17.3 Å². The van der Waals surface area contributed by atoms with Crippen LogP contribution in [0.3, 0.4) is 0 Å². The number of aromatic carboxylic acids is 1. The van der Waals surface area contributed by atoms with Crippen LogP contribution in [0.4, 0.5) is 0 Å². The van der Waals surface area contributed by atoms with Crippen molar-refractivity contribution in [3.8, 4) is 0 Å². The zero-order chi connectivity index (χ0) is 14.5. The van der Waals surface area contributed by atoms with Gasteiger partial charge in [-0.05, 0) is 30.9 Å². The van der Waals surface area contributed by atoms with Crippen LogP contribution in [0.1, 0.15) is 33.8 Å². The lowest BCUT2D eigenvalue weighted by atomic mass is 10.0. The summed E-state index contributed by atoms with van der Waals surface area (Å²) in [6.45, 7) is 2.05. The maximum absolute atomic E-state index is 12.2. The van der Waals surface area contributed by atoms with Gasteiger partial charge in [-0.2, -0.15) is 0 Å². The lowest BCUT2D eigenvalue weighted by molar-refractivity contribution is 0.0387. The molecule has 1 aliphatic rings. The molecule has 0 radical (unpaired) electrons. The molecule has 1 unspecified atom stereocenters. The Bertz CT molecular complexity index is 498. The topological polar surface area (TPSA) is 79.7 Å². The van der Waals surface area contributed by atoms with E-state index in [2.05, 4.69) is 4.98 Å². The second-order valence-corrected chi connectivity index (χ2v) is 4.98. The van der Waals surface area contributed by atoms with E-state index < -0.39 is 5.97 Å². The first kappa shape index (κ1) is 14.5. The zero-order valence-electron chi connectivity index (χ0n) is 11.4. The monoisotopic (exact) mass is 278 g/mol. The first-order valence-electron chi connectivity index (χ1n) is 6.61. The van der Waals surface area contributed by atoms with E-state index >= 15 is 0 Å². The largest absolute Gasteiger partial charge is 0.477 e. The second-order valence-electron chi connectivity index (χ2n) is 4.98. The molecule has 1 aromatic heterocycles. The van der Waals surface area contributed by atoms with Gasteiger partial charge in [-0.1, -0.05) is 6.07 Å². The lowest BCUT2D eigenvalue weighted by Crippen LogP contribution is -2.35. The van der Waals surface area contributed by atoms with Gasteiger partial charge in [0.25, 0.3) is 5.91 Å². The van der Waals surface area contributed by atoms with Crippen molar-refractivity contribution < 1.29 is 19.4 Å². The van der Waals surface area contributed by atoms with Crippen molar-refractivity contribution in [2.45, 2.75) is 12.8 Å². The first-order valence-corrected chi connectivity index (χ1v) is 6.61. The van der Waals surface area contributed by atoms with E-state index in [0.29, 0.717) is 19.1 Å². The van der Waals surface area contributed by atoms with Crippen LogP contribution in [0, 0.1) is 5.92 Å². The normalized spacial score (nSPS) is 18.6. The molecule has 0 aliphatic carbocycles. The highest BCUT2D eigenvalue weighted by molar-refractivity contribution is 5.94. The molecule has 1 fully saturated rings. The third-order valence-corrected chi connectivity index (χ3v) is 3.32. The molecule has 2 heterocycles. The van der Waals surface area contributed by atoms with Crippen LogP contribution in [0.2, 0.25) is 0 Å². The summed E-state index contributed by atoms with van der Waals surface area (Å²) in [7, 11) is 1.70. The number of carboxylic acids is 1. The van der Waals surface area contributed by atoms with E-state index in [9.17, 15) is 9.59 Å². The molecule has 0 saturated carbocycles. The summed E-state index contributed by atoms with van der Waals surface area (Å²) in [4.78, 5) is 28.5. The summed E-state index contributed by atoms with van der Waals surface area (Å²) in [5.74, 6) is -1.07. The van der Waals surface area contributed by atoms with Gasteiger partial charge >= 0.3 is 5.97 Å². The van der Waals surface area contributed by atoms with Crippen LogP contribution in [0.25, 0.3) is 0 Å². The first-order chi connectivity index (χ1) is 9.58. The summed E-state index contributed by atoms with van der Waals surface area (Å²) < 4.78 is 5.39. The maximum Gasteiger partial charge on any atom is 0.354 e. The summed E-state index contributed by atoms with van der Waals surface area (Å²) in [5.41, 5.74) is 0.0365. The summed E-state index contributed by atoms with van der Waals surface area (Å²) in [6, 6.07) is 4.43. The Balaban J connectivity index is 2.02. The van der Waals surface area contributed by atoms with Crippen molar-refractivity contribution in [3.63, 3.8) is 0 Å². The SMILES string of the molecule is CN(CC1CCCOC1)C(=O)c1cccc(C(=O)O)n1. The van der Waals surface area contributed by atoms with E-state index in [4.69, 9.17) is 9.84 Å². The van der Waals surface area contributed by atoms with Crippen LogP contribution >= 0.6 is 0 Å². The third kappa shape index (κ3) is 3.54. The molecule has 1 aliphatic heterocycles. The van der Waals surface area contributed by atoms with Crippen LogP contribution < -0.4 is 0 Å². The Labute approximate surface area is 117 Å². The number of amides is 1. The number of ether oxygens (including phenoxy) is 1. The molecule has 1 amide bonds. The van der Waals surface area contributed by atoms with Gasteiger partial charge < -0.3 is 14.7 Å². The number of carboxylic acid groups (broad SMARTS) is 1. The van der Waals surface area contributed by atoms with E-state index in [0.717, 1.165) is 19.4 Å². The van der Waals surface area contributed by atoms with Crippen LogP contribution in [-0.2, 0) is 4.74 Å². The number of nitrogens with zero attached hydrogens (tertiary/aromatic N) is 2. The molecular formula is C14H18N2O4. The molecule has 1 N–H and O–H groups in total. The Morgan fingerprint density at radius 3 is 2.85 bits per heavy atom. The number of hydrogen-bond acceptors (Lipinski definition) is 4. The Morgan fingerprint density at radius 2 is 2.20 bits per heavy atom. The van der Waals surface area contributed by atoms with Crippen molar-refractivity contribution in [2.75, 3.05) is 26.8 Å². The molecule has 1 atom stereocenters. The predicted octanol–water partition coefficient (Wildman–Crippen LogP) is 1.28. The van der Waals surface area contributed by atoms with Crippen molar-refractivity contribution in [3.05, 3.63) is 29.6 Å². The van der Waals surface area contributed by atoms with Gasteiger partial charge in [0.05, 0.1) is 6.61 Å². The van der Waals surface area contributed by atoms with E-state index in [1.54, 1.807) is 11.9 Å². The van der Waals surface area contributed by atoms with Gasteiger partial charge in [-0.3, -0.25) is 4.79 Å². The number of carbonyl (C=O) groups excluding carboxylic acids is 1. The summed E-state index contributed by atoms with van der Waals surface area (Å²) in [6.07, 6.45) is 2.06. The molecule has 0 aromatic carbocycles. The molecule has 0 bridgehead atoms. The van der Waals surface area contributed by atoms with Gasteiger partial charge in [-0.15, -0.1) is 0 Å². The third-order valence-electron chi connectivity index (χ3n) is 3.32. The van der Waals surface area contributed by atoms with Crippen LogP contribution in [-0.4, -0.2) is 53.7 Å². The molecular weight excluding hydrogens is 260 g/mol. The minimum Gasteiger partial charge on any atom is -0.477 e. The number of carbonyl (C=O) groups is 2. The van der Waals surface area contributed by atoms with Crippen molar-refractivity contribution in [1.29, 1.82) is 0 Å². The maximum atomic E-state index is 12.2. The van der Waals surface area contributed by atoms with Gasteiger partial charge in [0.15, 0.2) is 0 Å². The highest BCUT2D eigenvalue weighted by Crippen LogP contribution is 2.15. The zero-order valence-corrected chi connectivity index (χ0v) is 11.4. The lowest BCUT2D eigenvalue weighted by Gasteiger charge is -2.27. The average Bonchev–Trinajstić information content (AvgIpc) is 2.47. The summed E-state index contributed by atoms with van der Waals surface area (Å²) >= 11 is 0. The molecule has 2 rings (SSSR count). The van der Waals surface area contributed by atoms with Gasteiger partial charge in [0, 0.05) is 20.2 Å². The quantitative estimate of drug-likeness (QED) is 0.897. The number of pyridine rings is 1. The fraction of sp³-hybridized carbons (Fsp3) is 0.500. The fourth-order valence-electron chi connectivity index (χ4n) is 2.29. The molecule has 20 heavy (non-hydrogen) atoms. The second kappa shape index (κ2) is 6.47. The Hall–Kier alpha value is -1.95. The van der Waals surface area contributed by atoms with Gasteiger partial charge in [0.1, 0.15) is 11.4 Å². The minimum absolute atomic E-state index is 0.120. The molecule has 0 spiro atoms. The summed E-state index contributed by atoms with van der Waals surface area (Å²) in [5, 5.41) is 8.89.